The molecular weight excluding hydrogens is 268 g/mol. The van der Waals surface area contributed by atoms with Crippen molar-refractivity contribution in [3.05, 3.63) is 23.8 Å². The van der Waals surface area contributed by atoms with Gasteiger partial charge in [-0.3, -0.25) is 9.59 Å². The highest BCUT2D eigenvalue weighted by Gasteiger charge is 2.17. The van der Waals surface area contributed by atoms with Crippen molar-refractivity contribution in [1.29, 1.82) is 0 Å². The summed E-state index contributed by atoms with van der Waals surface area (Å²) < 4.78 is 0. The maximum Gasteiger partial charge on any atom is 0.337 e. The van der Waals surface area contributed by atoms with Gasteiger partial charge in [-0.25, -0.2) is 4.79 Å². The molecule has 0 spiro atoms. The van der Waals surface area contributed by atoms with Gasteiger partial charge >= 0.3 is 5.97 Å². The Hall–Kier alpha value is -2.02. The number of amides is 2. The standard InChI is InChI=1S/C12H14N2O4S/c1-6(19)11(16)14-9-5-3-4-8(12(17)18)10(9)13-7(2)15/h3-6,19H,1-2H3,(H,13,15)(H,14,16)(H,17,18)/t6-/m0/s1. The van der Waals surface area contributed by atoms with Crippen LogP contribution in [0.25, 0.3) is 0 Å². The lowest BCUT2D eigenvalue weighted by atomic mass is 10.1. The first-order valence-corrected chi connectivity index (χ1v) is 5.97. The van der Waals surface area contributed by atoms with Crippen LogP contribution in [0.2, 0.25) is 0 Å². The van der Waals surface area contributed by atoms with E-state index < -0.39 is 23.0 Å². The lowest BCUT2D eigenvalue weighted by Gasteiger charge is -2.14. The number of benzene rings is 1. The number of aromatic carboxylic acids is 1. The van der Waals surface area contributed by atoms with Crippen molar-refractivity contribution in [2.24, 2.45) is 0 Å². The van der Waals surface area contributed by atoms with Crippen LogP contribution in [-0.4, -0.2) is 28.1 Å². The van der Waals surface area contributed by atoms with Crippen LogP contribution >= 0.6 is 12.6 Å². The molecule has 0 aliphatic rings. The molecule has 0 saturated carbocycles. The van der Waals surface area contributed by atoms with Gasteiger partial charge in [0.15, 0.2) is 0 Å². The van der Waals surface area contributed by atoms with E-state index in [-0.39, 0.29) is 16.9 Å². The van der Waals surface area contributed by atoms with Crippen molar-refractivity contribution in [3.63, 3.8) is 0 Å². The van der Waals surface area contributed by atoms with E-state index in [9.17, 15) is 14.4 Å². The van der Waals surface area contributed by atoms with Crippen molar-refractivity contribution in [1.82, 2.24) is 0 Å². The summed E-state index contributed by atoms with van der Waals surface area (Å²) in [6, 6.07) is 4.33. The zero-order chi connectivity index (χ0) is 14.6. The Morgan fingerprint density at radius 3 is 2.37 bits per heavy atom. The van der Waals surface area contributed by atoms with Crippen LogP contribution in [0.1, 0.15) is 24.2 Å². The normalized spacial score (nSPS) is 11.5. The summed E-state index contributed by atoms with van der Waals surface area (Å²) in [5.74, 6) is -2.01. The molecular formula is C12H14N2O4S. The third-order valence-corrected chi connectivity index (χ3v) is 2.47. The molecule has 7 heteroatoms. The molecule has 0 fully saturated rings. The van der Waals surface area contributed by atoms with Gasteiger partial charge in [0.05, 0.1) is 22.2 Å². The van der Waals surface area contributed by atoms with E-state index in [0.29, 0.717) is 0 Å². The zero-order valence-corrected chi connectivity index (χ0v) is 11.3. The Kier molecular flexibility index (Phi) is 4.94. The summed E-state index contributed by atoms with van der Waals surface area (Å²) >= 11 is 3.98. The van der Waals surface area contributed by atoms with Crippen LogP contribution < -0.4 is 10.6 Å². The second-order valence-electron chi connectivity index (χ2n) is 3.88. The molecule has 19 heavy (non-hydrogen) atoms. The minimum Gasteiger partial charge on any atom is -0.478 e. The highest BCUT2D eigenvalue weighted by molar-refractivity contribution is 7.81. The van der Waals surface area contributed by atoms with Crippen LogP contribution in [-0.2, 0) is 9.59 Å². The number of carbonyl (C=O) groups is 3. The Morgan fingerprint density at radius 2 is 1.89 bits per heavy atom. The van der Waals surface area contributed by atoms with Gasteiger partial charge in [0.1, 0.15) is 0 Å². The molecule has 0 bridgehead atoms. The Labute approximate surface area is 115 Å². The predicted molar refractivity (Wildman–Crippen MR) is 74.8 cm³/mol. The Balaban J connectivity index is 3.22. The number of nitrogens with one attached hydrogen (secondary N) is 2. The van der Waals surface area contributed by atoms with Gasteiger partial charge in [0, 0.05) is 6.92 Å². The molecule has 1 atom stereocenters. The average molecular weight is 282 g/mol. The Morgan fingerprint density at radius 1 is 1.26 bits per heavy atom. The first kappa shape index (κ1) is 15.0. The quantitative estimate of drug-likeness (QED) is 0.631. The number of anilines is 2. The molecule has 0 unspecified atom stereocenters. The van der Waals surface area contributed by atoms with Gasteiger partial charge in [-0.15, -0.1) is 0 Å². The van der Waals surface area contributed by atoms with Gasteiger partial charge in [-0.2, -0.15) is 12.6 Å². The minimum absolute atomic E-state index is 0.0600. The van der Waals surface area contributed by atoms with Crippen molar-refractivity contribution < 1.29 is 19.5 Å². The molecule has 0 heterocycles. The van der Waals surface area contributed by atoms with Gasteiger partial charge in [0.2, 0.25) is 11.8 Å². The number of hydrogen-bond acceptors (Lipinski definition) is 4. The van der Waals surface area contributed by atoms with Gasteiger partial charge in [-0.1, -0.05) is 6.07 Å². The summed E-state index contributed by atoms with van der Waals surface area (Å²) in [5, 5.41) is 13.4. The summed E-state index contributed by atoms with van der Waals surface area (Å²) in [7, 11) is 0. The molecule has 0 aromatic heterocycles. The molecule has 0 saturated heterocycles. The predicted octanol–water partition coefficient (Wildman–Crippen LogP) is 1.60. The Bertz CT molecular complexity index is 528. The van der Waals surface area contributed by atoms with Gasteiger partial charge in [-0.05, 0) is 19.1 Å². The van der Waals surface area contributed by atoms with E-state index in [2.05, 4.69) is 23.3 Å². The molecule has 2 amide bonds. The third kappa shape index (κ3) is 3.99. The molecule has 0 aliphatic heterocycles. The number of thiol groups is 1. The molecule has 1 aromatic rings. The van der Waals surface area contributed by atoms with Crippen molar-refractivity contribution >= 4 is 41.8 Å². The number of carbonyl (C=O) groups excluding carboxylic acids is 2. The first-order valence-electron chi connectivity index (χ1n) is 5.45. The molecule has 1 rings (SSSR count). The highest BCUT2D eigenvalue weighted by atomic mass is 32.1. The second kappa shape index (κ2) is 6.24. The number of para-hydroxylation sites is 1. The monoisotopic (exact) mass is 282 g/mol. The van der Waals surface area contributed by atoms with E-state index in [1.807, 2.05) is 0 Å². The van der Waals surface area contributed by atoms with E-state index >= 15 is 0 Å². The van der Waals surface area contributed by atoms with Crippen LogP contribution in [0.5, 0.6) is 0 Å². The fourth-order valence-electron chi connectivity index (χ4n) is 1.38. The van der Waals surface area contributed by atoms with Crippen molar-refractivity contribution in [2.45, 2.75) is 19.1 Å². The van der Waals surface area contributed by atoms with Gasteiger partial charge in [0.25, 0.3) is 0 Å². The molecule has 3 N–H and O–H groups in total. The molecule has 102 valence electrons. The fraction of sp³-hybridized carbons (Fsp3) is 0.250. The van der Waals surface area contributed by atoms with E-state index in [4.69, 9.17) is 5.11 Å². The third-order valence-electron chi connectivity index (χ3n) is 2.23. The topological polar surface area (TPSA) is 95.5 Å². The number of hydrogen-bond donors (Lipinski definition) is 4. The van der Waals surface area contributed by atoms with Crippen LogP contribution in [0, 0.1) is 0 Å². The largest absolute Gasteiger partial charge is 0.478 e. The van der Waals surface area contributed by atoms with Crippen molar-refractivity contribution in [2.75, 3.05) is 10.6 Å². The summed E-state index contributed by atoms with van der Waals surface area (Å²) in [4.78, 5) is 33.8. The minimum atomic E-state index is -1.20. The summed E-state index contributed by atoms with van der Waals surface area (Å²) in [5.41, 5.74) is 0.186. The second-order valence-corrected chi connectivity index (χ2v) is 4.65. The molecule has 0 radical (unpaired) electrons. The lowest BCUT2D eigenvalue weighted by molar-refractivity contribution is -0.116. The average Bonchev–Trinajstić information content (AvgIpc) is 2.29. The number of carboxylic acids is 1. The zero-order valence-electron chi connectivity index (χ0n) is 10.4. The van der Waals surface area contributed by atoms with Crippen LogP contribution in [0.15, 0.2) is 18.2 Å². The lowest BCUT2D eigenvalue weighted by Crippen LogP contribution is -2.22. The smallest absolute Gasteiger partial charge is 0.337 e. The van der Waals surface area contributed by atoms with E-state index in [0.717, 1.165) is 0 Å². The summed E-state index contributed by atoms with van der Waals surface area (Å²) in [6.07, 6.45) is 0. The maximum absolute atomic E-state index is 11.6. The van der Waals surface area contributed by atoms with E-state index in [1.54, 1.807) is 6.92 Å². The SMILES string of the molecule is CC(=O)Nc1c(NC(=O)[C@H](C)S)cccc1C(=O)O. The summed E-state index contributed by atoms with van der Waals surface area (Å²) in [6.45, 7) is 2.84. The van der Waals surface area contributed by atoms with Crippen LogP contribution in [0.4, 0.5) is 11.4 Å². The molecule has 1 aromatic carbocycles. The highest BCUT2D eigenvalue weighted by Crippen LogP contribution is 2.26. The van der Waals surface area contributed by atoms with Crippen LogP contribution in [0.3, 0.4) is 0 Å². The maximum atomic E-state index is 11.6. The van der Waals surface area contributed by atoms with Crippen molar-refractivity contribution in [3.8, 4) is 0 Å². The number of rotatable bonds is 4. The fourth-order valence-corrected chi connectivity index (χ4v) is 1.45. The van der Waals surface area contributed by atoms with E-state index in [1.165, 1.54) is 25.1 Å². The molecule has 0 aliphatic carbocycles. The number of carboxylic acid groups (broad SMARTS) is 1. The first-order chi connectivity index (χ1) is 8.82. The molecule has 6 nitrogen and oxygen atoms in total. The van der Waals surface area contributed by atoms with Gasteiger partial charge < -0.3 is 15.7 Å².